The molecule has 146 valence electrons. The Kier molecular flexibility index (Phi) is 5.11. The molecule has 1 aromatic heterocycles. The van der Waals surface area contributed by atoms with Crippen molar-refractivity contribution in [2.24, 2.45) is 11.3 Å². The molecule has 1 N–H and O–H groups in total. The number of aromatic nitrogens is 3. The van der Waals surface area contributed by atoms with Crippen LogP contribution in [0.2, 0.25) is 0 Å². The van der Waals surface area contributed by atoms with Gasteiger partial charge in [-0.2, -0.15) is 5.26 Å². The molecule has 0 radical (unpaired) electrons. The van der Waals surface area contributed by atoms with Crippen molar-refractivity contribution in [1.82, 2.24) is 25.2 Å². The maximum Gasteiger partial charge on any atom is 0.230 e. The lowest BCUT2D eigenvalue weighted by atomic mass is 9.80. The highest BCUT2D eigenvalue weighted by atomic mass is 16.5. The van der Waals surface area contributed by atoms with E-state index in [0.29, 0.717) is 45.0 Å². The average molecular weight is 380 g/mol. The molecule has 0 spiro atoms. The molecule has 2 atom stereocenters. The quantitative estimate of drug-likeness (QED) is 0.793. The molecule has 3 heterocycles. The number of likely N-dealkylation sites (tertiary alicyclic amines) is 1. The van der Waals surface area contributed by atoms with Crippen LogP contribution in [0.3, 0.4) is 0 Å². The second kappa shape index (κ2) is 7.70. The summed E-state index contributed by atoms with van der Waals surface area (Å²) in [5.74, 6) is 0.221. The fraction of sp³-hybridized carbons (Fsp3) is 0.500. The second-order valence-electron chi connectivity index (χ2n) is 7.69. The molecule has 4 rings (SSSR count). The largest absolute Gasteiger partial charge is 0.380 e. The van der Waals surface area contributed by atoms with E-state index in [4.69, 9.17) is 4.74 Å². The lowest BCUT2D eigenvalue weighted by Crippen LogP contribution is -2.47. The standard InChI is InChI=1S/C20H24N6O2/c1-15-9-26(24-23-15)7-6-22-19(27)20-13-25(11-18(20)12-28-14-20)10-17-5-3-2-4-16(17)8-21/h2-5,9,18H,6-7,10-14H2,1H3,(H,22,27)/t18-,20-/m1/s1. The zero-order chi connectivity index (χ0) is 19.6. The Morgan fingerprint density at radius 2 is 2.32 bits per heavy atom. The highest BCUT2D eigenvalue weighted by molar-refractivity contribution is 5.84. The summed E-state index contributed by atoms with van der Waals surface area (Å²) in [5, 5.41) is 20.4. The highest BCUT2D eigenvalue weighted by Gasteiger charge is 2.55. The lowest BCUT2D eigenvalue weighted by molar-refractivity contribution is -0.131. The summed E-state index contributed by atoms with van der Waals surface area (Å²) >= 11 is 0. The van der Waals surface area contributed by atoms with Crippen molar-refractivity contribution >= 4 is 5.91 Å². The topological polar surface area (TPSA) is 96.1 Å². The molecule has 1 amide bonds. The van der Waals surface area contributed by atoms with Crippen molar-refractivity contribution < 1.29 is 9.53 Å². The summed E-state index contributed by atoms with van der Waals surface area (Å²) in [7, 11) is 0. The van der Waals surface area contributed by atoms with Gasteiger partial charge in [-0.05, 0) is 18.6 Å². The number of rotatable bonds is 6. The molecule has 2 aromatic rings. The number of carbonyl (C=O) groups excluding carboxylic acids is 1. The smallest absolute Gasteiger partial charge is 0.230 e. The van der Waals surface area contributed by atoms with Crippen LogP contribution in [-0.4, -0.2) is 58.6 Å². The van der Waals surface area contributed by atoms with Gasteiger partial charge in [0.2, 0.25) is 5.91 Å². The zero-order valence-electron chi connectivity index (χ0n) is 16.0. The SMILES string of the molecule is Cc1cn(CCNC(=O)[C@]23COC[C@H]2CN(Cc2ccccc2C#N)C3)nn1. The molecule has 0 bridgehead atoms. The van der Waals surface area contributed by atoms with Crippen molar-refractivity contribution in [2.45, 2.75) is 20.0 Å². The van der Waals surface area contributed by atoms with Crippen LogP contribution < -0.4 is 5.32 Å². The number of hydrogen-bond donors (Lipinski definition) is 1. The number of amides is 1. The number of ether oxygens (including phenoxy) is 1. The summed E-state index contributed by atoms with van der Waals surface area (Å²) in [6.07, 6.45) is 1.86. The highest BCUT2D eigenvalue weighted by Crippen LogP contribution is 2.42. The Balaban J connectivity index is 1.39. The minimum atomic E-state index is -0.514. The number of fused-ring (bicyclic) bond motifs is 1. The van der Waals surface area contributed by atoms with Crippen LogP contribution >= 0.6 is 0 Å². The third-order valence-electron chi connectivity index (χ3n) is 5.71. The summed E-state index contributed by atoms with van der Waals surface area (Å²) in [6, 6.07) is 9.90. The third-order valence-corrected chi connectivity index (χ3v) is 5.71. The van der Waals surface area contributed by atoms with Crippen LogP contribution in [0.15, 0.2) is 30.5 Å². The van der Waals surface area contributed by atoms with Gasteiger partial charge in [0.1, 0.15) is 0 Å². The van der Waals surface area contributed by atoms with E-state index in [1.807, 2.05) is 37.4 Å². The molecular formula is C20H24N6O2. The monoisotopic (exact) mass is 380 g/mol. The third kappa shape index (κ3) is 3.51. The van der Waals surface area contributed by atoms with Crippen LogP contribution in [0, 0.1) is 29.6 Å². The lowest BCUT2D eigenvalue weighted by Gasteiger charge is -2.26. The first-order valence-electron chi connectivity index (χ1n) is 9.54. The second-order valence-corrected chi connectivity index (χ2v) is 7.69. The zero-order valence-corrected chi connectivity index (χ0v) is 16.0. The molecule has 28 heavy (non-hydrogen) atoms. The van der Waals surface area contributed by atoms with Gasteiger partial charge in [-0.25, -0.2) is 0 Å². The van der Waals surface area contributed by atoms with Gasteiger partial charge in [0, 0.05) is 38.3 Å². The van der Waals surface area contributed by atoms with Gasteiger partial charge in [0.25, 0.3) is 0 Å². The molecule has 0 aliphatic carbocycles. The van der Waals surface area contributed by atoms with Crippen LogP contribution in [0.25, 0.3) is 0 Å². The predicted octanol–water partition coefficient (Wildman–Crippen LogP) is 0.723. The average Bonchev–Trinajstić information content (AvgIpc) is 3.36. The van der Waals surface area contributed by atoms with Gasteiger partial charge in [-0.15, -0.1) is 5.10 Å². The fourth-order valence-corrected chi connectivity index (χ4v) is 4.25. The molecule has 2 fully saturated rings. The van der Waals surface area contributed by atoms with E-state index in [2.05, 4.69) is 26.6 Å². The molecule has 8 nitrogen and oxygen atoms in total. The van der Waals surface area contributed by atoms with Gasteiger partial charge >= 0.3 is 0 Å². The molecule has 0 unspecified atom stereocenters. The van der Waals surface area contributed by atoms with Gasteiger partial charge in [-0.1, -0.05) is 23.4 Å². The summed E-state index contributed by atoms with van der Waals surface area (Å²) in [4.78, 5) is 15.3. The number of nitrogens with one attached hydrogen (secondary N) is 1. The van der Waals surface area contributed by atoms with E-state index in [-0.39, 0.29) is 11.8 Å². The van der Waals surface area contributed by atoms with E-state index in [9.17, 15) is 10.1 Å². The minimum absolute atomic E-state index is 0.0444. The number of aryl methyl sites for hydroxylation is 1. The van der Waals surface area contributed by atoms with Crippen molar-refractivity contribution in [3.05, 3.63) is 47.3 Å². The maximum atomic E-state index is 13.0. The Bertz CT molecular complexity index is 904. The van der Waals surface area contributed by atoms with E-state index in [0.717, 1.165) is 17.8 Å². The van der Waals surface area contributed by atoms with Gasteiger partial charge in [-0.3, -0.25) is 14.4 Å². The number of nitrogens with zero attached hydrogens (tertiary/aromatic N) is 5. The molecular weight excluding hydrogens is 356 g/mol. The van der Waals surface area contributed by atoms with Crippen LogP contribution in [-0.2, 0) is 22.6 Å². The molecule has 1 aromatic carbocycles. The number of nitriles is 1. The van der Waals surface area contributed by atoms with E-state index >= 15 is 0 Å². The molecule has 0 saturated carbocycles. The van der Waals surface area contributed by atoms with Gasteiger partial charge in [0.05, 0.1) is 42.5 Å². The van der Waals surface area contributed by atoms with Gasteiger partial charge in [0.15, 0.2) is 0 Å². The first kappa shape index (κ1) is 18.6. The molecule has 2 aliphatic rings. The fourth-order valence-electron chi connectivity index (χ4n) is 4.25. The first-order chi connectivity index (χ1) is 13.6. The van der Waals surface area contributed by atoms with Crippen molar-refractivity contribution in [2.75, 3.05) is 32.8 Å². The Hall–Kier alpha value is -2.76. The number of benzene rings is 1. The minimum Gasteiger partial charge on any atom is -0.380 e. The van der Waals surface area contributed by atoms with Gasteiger partial charge < -0.3 is 10.1 Å². The normalized spacial score (nSPS) is 24.1. The van der Waals surface area contributed by atoms with E-state index in [1.165, 1.54) is 0 Å². The first-order valence-corrected chi connectivity index (χ1v) is 9.54. The maximum absolute atomic E-state index is 13.0. The summed E-state index contributed by atoms with van der Waals surface area (Å²) < 4.78 is 7.41. The Morgan fingerprint density at radius 1 is 1.46 bits per heavy atom. The van der Waals surface area contributed by atoms with E-state index in [1.54, 1.807) is 4.68 Å². The Morgan fingerprint density at radius 3 is 3.11 bits per heavy atom. The van der Waals surface area contributed by atoms with Crippen LogP contribution in [0.5, 0.6) is 0 Å². The van der Waals surface area contributed by atoms with E-state index < -0.39 is 5.41 Å². The molecule has 2 saturated heterocycles. The van der Waals surface area contributed by atoms with Crippen LogP contribution in [0.1, 0.15) is 16.8 Å². The van der Waals surface area contributed by atoms with Crippen molar-refractivity contribution in [3.63, 3.8) is 0 Å². The molecule has 2 aliphatic heterocycles. The Labute approximate surface area is 164 Å². The van der Waals surface area contributed by atoms with Crippen LogP contribution in [0.4, 0.5) is 0 Å². The summed E-state index contributed by atoms with van der Waals surface area (Å²) in [5.41, 5.74) is 2.04. The van der Waals surface area contributed by atoms with Crippen molar-refractivity contribution in [3.8, 4) is 6.07 Å². The molecule has 8 heteroatoms. The summed E-state index contributed by atoms with van der Waals surface area (Å²) in [6.45, 7) is 6.16. The predicted molar refractivity (Wildman–Crippen MR) is 101 cm³/mol. The van der Waals surface area contributed by atoms with Crippen molar-refractivity contribution in [1.29, 1.82) is 5.26 Å². The number of carbonyl (C=O) groups is 1. The number of hydrogen-bond acceptors (Lipinski definition) is 6.